The van der Waals surface area contributed by atoms with Crippen LogP contribution >= 0.6 is 0 Å². The number of aliphatic hydroxyl groups excluding tert-OH is 1. The first-order valence-electron chi connectivity index (χ1n) is 6.45. The largest absolute Gasteiger partial charge is 0.489 e. The van der Waals surface area contributed by atoms with Gasteiger partial charge in [-0.2, -0.15) is 0 Å². The van der Waals surface area contributed by atoms with Gasteiger partial charge in [-0.05, 0) is 30.2 Å². The van der Waals surface area contributed by atoms with Crippen LogP contribution in [-0.4, -0.2) is 5.11 Å². The van der Waals surface area contributed by atoms with Crippen LogP contribution in [0.1, 0.15) is 30.6 Å². The number of para-hydroxylation sites is 1. The number of hydrogen-bond donors (Lipinski definition) is 1. The van der Waals surface area contributed by atoms with Gasteiger partial charge in [-0.15, -0.1) is 0 Å². The zero-order chi connectivity index (χ0) is 14.5. The Morgan fingerprint density at radius 3 is 2.40 bits per heavy atom. The summed E-state index contributed by atoms with van der Waals surface area (Å²) in [6.07, 6.45) is -0.0509. The van der Waals surface area contributed by atoms with Crippen LogP contribution in [0.5, 0.6) is 5.75 Å². The first-order valence-corrected chi connectivity index (χ1v) is 6.45. The molecular formula is C16H16F2O2. The van der Waals surface area contributed by atoms with Crippen LogP contribution in [-0.2, 0) is 6.61 Å². The lowest BCUT2D eigenvalue weighted by atomic mass is 10.1. The molecule has 2 aromatic carbocycles. The summed E-state index contributed by atoms with van der Waals surface area (Å²) in [5.74, 6) is -0.748. The lowest BCUT2D eigenvalue weighted by Gasteiger charge is -2.15. The summed E-state index contributed by atoms with van der Waals surface area (Å²) in [7, 11) is 0. The number of halogens is 2. The number of ether oxygens (including phenoxy) is 1. The quantitative estimate of drug-likeness (QED) is 0.896. The van der Waals surface area contributed by atoms with E-state index in [-0.39, 0.29) is 6.61 Å². The van der Waals surface area contributed by atoms with Crippen molar-refractivity contribution in [2.45, 2.75) is 26.1 Å². The average Bonchev–Trinajstić information content (AvgIpc) is 2.43. The molecule has 106 valence electrons. The van der Waals surface area contributed by atoms with Gasteiger partial charge in [0.2, 0.25) is 0 Å². The van der Waals surface area contributed by atoms with E-state index >= 15 is 0 Å². The van der Waals surface area contributed by atoms with E-state index in [1.165, 1.54) is 12.1 Å². The highest BCUT2D eigenvalue weighted by Gasteiger charge is 2.11. The van der Waals surface area contributed by atoms with Gasteiger partial charge >= 0.3 is 0 Å². The summed E-state index contributed by atoms with van der Waals surface area (Å²) in [5, 5.41) is 9.90. The molecule has 0 bridgehead atoms. The van der Waals surface area contributed by atoms with Crippen molar-refractivity contribution in [3.05, 3.63) is 65.2 Å². The average molecular weight is 278 g/mol. The molecule has 1 N–H and O–H groups in total. The fourth-order valence-corrected chi connectivity index (χ4v) is 1.96. The van der Waals surface area contributed by atoms with Gasteiger partial charge in [-0.1, -0.05) is 25.1 Å². The molecule has 1 atom stereocenters. The second-order valence-electron chi connectivity index (χ2n) is 4.53. The van der Waals surface area contributed by atoms with E-state index in [4.69, 9.17) is 4.74 Å². The Balaban J connectivity index is 2.14. The minimum Gasteiger partial charge on any atom is -0.489 e. The van der Waals surface area contributed by atoms with Crippen molar-refractivity contribution in [2.75, 3.05) is 0 Å². The Labute approximate surface area is 116 Å². The highest BCUT2D eigenvalue weighted by molar-refractivity contribution is 5.35. The SMILES string of the molecule is CC[C@H](O)c1ccccc1OCc1cc(F)cc(F)c1. The summed E-state index contributed by atoms with van der Waals surface area (Å²) >= 11 is 0. The predicted molar refractivity (Wildman–Crippen MR) is 72.4 cm³/mol. The van der Waals surface area contributed by atoms with Crippen molar-refractivity contribution < 1.29 is 18.6 Å². The van der Waals surface area contributed by atoms with E-state index in [0.717, 1.165) is 6.07 Å². The molecule has 0 heterocycles. The van der Waals surface area contributed by atoms with Crippen molar-refractivity contribution in [1.29, 1.82) is 0 Å². The van der Waals surface area contributed by atoms with Gasteiger partial charge in [0.25, 0.3) is 0 Å². The maximum Gasteiger partial charge on any atom is 0.126 e. The van der Waals surface area contributed by atoms with E-state index < -0.39 is 17.7 Å². The van der Waals surface area contributed by atoms with Crippen LogP contribution in [0.25, 0.3) is 0 Å². The van der Waals surface area contributed by atoms with E-state index in [1.54, 1.807) is 18.2 Å². The van der Waals surface area contributed by atoms with E-state index in [9.17, 15) is 13.9 Å². The summed E-state index contributed by atoms with van der Waals surface area (Å²) < 4.78 is 31.7. The topological polar surface area (TPSA) is 29.5 Å². The molecule has 0 aromatic heterocycles. The van der Waals surface area contributed by atoms with Crippen LogP contribution in [0.2, 0.25) is 0 Å². The van der Waals surface area contributed by atoms with Gasteiger partial charge in [0, 0.05) is 11.6 Å². The molecule has 2 nitrogen and oxygen atoms in total. The summed E-state index contributed by atoms with van der Waals surface area (Å²) in [4.78, 5) is 0. The van der Waals surface area contributed by atoms with Gasteiger partial charge in [-0.25, -0.2) is 8.78 Å². The molecule has 4 heteroatoms. The zero-order valence-corrected chi connectivity index (χ0v) is 11.1. The summed E-state index contributed by atoms with van der Waals surface area (Å²) in [6.45, 7) is 1.91. The van der Waals surface area contributed by atoms with E-state index in [2.05, 4.69) is 0 Å². The highest BCUT2D eigenvalue weighted by atomic mass is 19.1. The Bertz CT molecular complexity index is 564. The third-order valence-electron chi connectivity index (χ3n) is 2.98. The molecule has 2 rings (SSSR count). The van der Waals surface area contributed by atoms with Crippen LogP contribution in [0, 0.1) is 11.6 Å². The third-order valence-corrected chi connectivity index (χ3v) is 2.98. The lowest BCUT2D eigenvalue weighted by Crippen LogP contribution is -2.03. The Hall–Kier alpha value is -1.94. The van der Waals surface area contributed by atoms with Crippen molar-refractivity contribution in [1.82, 2.24) is 0 Å². The monoisotopic (exact) mass is 278 g/mol. The third kappa shape index (κ3) is 3.54. The number of hydrogen-bond acceptors (Lipinski definition) is 2. The first-order chi connectivity index (χ1) is 9.60. The van der Waals surface area contributed by atoms with Crippen LogP contribution in [0.15, 0.2) is 42.5 Å². The molecule has 2 aromatic rings. The fraction of sp³-hybridized carbons (Fsp3) is 0.250. The molecule has 0 aliphatic rings. The molecule has 0 amide bonds. The van der Waals surface area contributed by atoms with E-state index in [0.29, 0.717) is 23.3 Å². The normalized spacial score (nSPS) is 12.2. The van der Waals surface area contributed by atoms with Crippen LogP contribution in [0.4, 0.5) is 8.78 Å². The molecule has 0 aliphatic heterocycles. The van der Waals surface area contributed by atoms with Gasteiger partial charge in [-0.3, -0.25) is 0 Å². The molecular weight excluding hydrogens is 262 g/mol. The number of aliphatic hydroxyl groups is 1. The second kappa shape index (κ2) is 6.48. The van der Waals surface area contributed by atoms with Gasteiger partial charge in [0.15, 0.2) is 0 Å². The summed E-state index contributed by atoms with van der Waals surface area (Å²) in [5.41, 5.74) is 1.08. The molecule has 0 fully saturated rings. The van der Waals surface area contributed by atoms with Crippen molar-refractivity contribution in [2.24, 2.45) is 0 Å². The van der Waals surface area contributed by atoms with Gasteiger partial charge in [0.05, 0.1) is 6.10 Å². The molecule has 0 spiro atoms. The second-order valence-corrected chi connectivity index (χ2v) is 4.53. The lowest BCUT2D eigenvalue weighted by molar-refractivity contribution is 0.166. The van der Waals surface area contributed by atoms with Crippen LogP contribution in [0.3, 0.4) is 0 Å². The Kier molecular flexibility index (Phi) is 4.69. The predicted octanol–water partition coefficient (Wildman–Crippen LogP) is 3.99. The standard InChI is InChI=1S/C16H16F2O2/c1-2-15(19)14-5-3-4-6-16(14)20-10-11-7-12(17)9-13(18)8-11/h3-9,15,19H,2,10H2,1H3/t15-/m0/s1. The molecule has 0 aliphatic carbocycles. The maximum absolute atomic E-state index is 13.1. The van der Waals surface area contributed by atoms with Crippen LogP contribution < -0.4 is 4.74 Å². The van der Waals surface area contributed by atoms with E-state index in [1.807, 2.05) is 13.0 Å². The summed E-state index contributed by atoms with van der Waals surface area (Å²) in [6, 6.07) is 10.4. The fourth-order valence-electron chi connectivity index (χ4n) is 1.96. The highest BCUT2D eigenvalue weighted by Crippen LogP contribution is 2.27. The Morgan fingerprint density at radius 2 is 1.75 bits per heavy atom. The minimum absolute atomic E-state index is 0.0438. The number of benzene rings is 2. The van der Waals surface area contributed by atoms with Gasteiger partial charge < -0.3 is 9.84 Å². The molecule has 0 radical (unpaired) electrons. The Morgan fingerprint density at radius 1 is 1.10 bits per heavy atom. The zero-order valence-electron chi connectivity index (χ0n) is 11.1. The minimum atomic E-state index is -0.634. The van der Waals surface area contributed by atoms with Gasteiger partial charge in [0.1, 0.15) is 24.0 Å². The maximum atomic E-state index is 13.1. The van der Waals surface area contributed by atoms with Crippen molar-refractivity contribution in [3.63, 3.8) is 0 Å². The molecule has 0 unspecified atom stereocenters. The van der Waals surface area contributed by atoms with Crippen molar-refractivity contribution >= 4 is 0 Å². The molecule has 0 saturated carbocycles. The smallest absolute Gasteiger partial charge is 0.126 e. The number of rotatable bonds is 5. The molecule has 20 heavy (non-hydrogen) atoms. The molecule has 0 saturated heterocycles. The van der Waals surface area contributed by atoms with Crippen molar-refractivity contribution in [3.8, 4) is 5.75 Å². The first kappa shape index (κ1) is 14.5.